The Hall–Kier alpha value is -2.16. The van der Waals surface area contributed by atoms with Crippen molar-refractivity contribution in [1.29, 1.82) is 0 Å². The van der Waals surface area contributed by atoms with Crippen molar-refractivity contribution in [1.82, 2.24) is 19.7 Å². The van der Waals surface area contributed by atoms with Gasteiger partial charge in [0.25, 0.3) is 0 Å². The Balaban J connectivity index is 2.49. The molecule has 0 atom stereocenters. The molecule has 0 saturated carbocycles. The third-order valence-electron chi connectivity index (χ3n) is 2.69. The van der Waals surface area contributed by atoms with Crippen LogP contribution in [0.4, 0.5) is 19.0 Å². The fraction of sp³-hybridized carbons (Fsp3) is 0.364. The molecule has 0 fully saturated rings. The van der Waals surface area contributed by atoms with Crippen LogP contribution in [0.1, 0.15) is 24.5 Å². The minimum Gasteiger partial charge on any atom is -0.308 e. The highest BCUT2D eigenvalue weighted by Crippen LogP contribution is 2.29. The Morgan fingerprint density at radius 3 is 2.65 bits per heavy atom. The Morgan fingerprint density at radius 1 is 1.35 bits per heavy atom. The van der Waals surface area contributed by atoms with Crippen LogP contribution in [0, 0.1) is 0 Å². The third-order valence-corrected chi connectivity index (χ3v) is 2.69. The standard InChI is InChI=1S/C11H13F3N6/c1-2-3-8-9(19-15)16-6-17-10(8)20-5-7(4-18-20)11(12,13)14/h4-6H,2-3,15H2,1H3,(H,16,17,19). The summed E-state index contributed by atoms with van der Waals surface area (Å²) in [6.07, 6.45) is -0.238. The van der Waals surface area contributed by atoms with Crippen molar-refractivity contribution in [2.45, 2.75) is 25.9 Å². The Morgan fingerprint density at radius 2 is 2.10 bits per heavy atom. The first-order valence-corrected chi connectivity index (χ1v) is 5.90. The second-order valence-corrected chi connectivity index (χ2v) is 4.09. The number of halogens is 3. The predicted octanol–water partition coefficient (Wildman–Crippen LogP) is 1.92. The van der Waals surface area contributed by atoms with Crippen LogP contribution in [0.3, 0.4) is 0 Å². The molecule has 2 heterocycles. The molecule has 0 aromatic carbocycles. The van der Waals surface area contributed by atoms with Gasteiger partial charge in [0.15, 0.2) is 5.82 Å². The molecule has 0 amide bonds. The van der Waals surface area contributed by atoms with Crippen molar-refractivity contribution in [3.8, 4) is 5.82 Å². The number of nitrogens with zero attached hydrogens (tertiary/aromatic N) is 4. The molecule has 108 valence electrons. The van der Waals surface area contributed by atoms with E-state index >= 15 is 0 Å². The topological polar surface area (TPSA) is 81.6 Å². The molecule has 0 aliphatic rings. The van der Waals surface area contributed by atoms with Crippen molar-refractivity contribution in [3.05, 3.63) is 29.8 Å². The maximum atomic E-state index is 12.6. The molecule has 0 bridgehead atoms. The van der Waals surface area contributed by atoms with Gasteiger partial charge in [-0.05, 0) is 6.42 Å². The fourth-order valence-corrected chi connectivity index (χ4v) is 1.79. The molecule has 0 saturated heterocycles. The van der Waals surface area contributed by atoms with E-state index in [1.54, 1.807) is 0 Å². The van der Waals surface area contributed by atoms with E-state index in [-0.39, 0.29) is 5.82 Å². The number of aromatic nitrogens is 4. The van der Waals surface area contributed by atoms with Gasteiger partial charge in [-0.25, -0.2) is 20.5 Å². The van der Waals surface area contributed by atoms with E-state index < -0.39 is 11.7 Å². The van der Waals surface area contributed by atoms with E-state index in [2.05, 4.69) is 20.5 Å². The summed E-state index contributed by atoms with van der Waals surface area (Å²) in [5.74, 6) is 6.01. The van der Waals surface area contributed by atoms with Gasteiger partial charge < -0.3 is 5.43 Å². The smallest absolute Gasteiger partial charge is 0.308 e. The maximum absolute atomic E-state index is 12.6. The highest BCUT2D eigenvalue weighted by Gasteiger charge is 2.32. The van der Waals surface area contributed by atoms with E-state index in [0.29, 0.717) is 17.8 Å². The molecule has 0 aliphatic carbocycles. The molecule has 0 unspecified atom stereocenters. The number of alkyl halides is 3. The number of anilines is 1. The average molecular weight is 286 g/mol. The van der Waals surface area contributed by atoms with Crippen molar-refractivity contribution < 1.29 is 13.2 Å². The van der Waals surface area contributed by atoms with Crippen molar-refractivity contribution in [2.24, 2.45) is 5.84 Å². The zero-order chi connectivity index (χ0) is 14.8. The molecule has 0 radical (unpaired) electrons. The van der Waals surface area contributed by atoms with Crippen molar-refractivity contribution >= 4 is 5.82 Å². The molecule has 2 aromatic rings. The number of hydrogen-bond donors (Lipinski definition) is 2. The van der Waals surface area contributed by atoms with E-state index in [0.717, 1.165) is 23.5 Å². The first kappa shape index (κ1) is 14.3. The lowest BCUT2D eigenvalue weighted by Gasteiger charge is -2.11. The van der Waals surface area contributed by atoms with Gasteiger partial charge >= 0.3 is 6.18 Å². The summed E-state index contributed by atoms with van der Waals surface area (Å²) in [6.45, 7) is 1.93. The molecule has 2 rings (SSSR count). The lowest BCUT2D eigenvalue weighted by atomic mass is 10.1. The summed E-state index contributed by atoms with van der Waals surface area (Å²) in [7, 11) is 0. The van der Waals surface area contributed by atoms with Crippen LogP contribution in [-0.4, -0.2) is 19.7 Å². The van der Waals surface area contributed by atoms with Crippen LogP contribution in [-0.2, 0) is 12.6 Å². The molecular weight excluding hydrogens is 273 g/mol. The molecule has 0 aliphatic heterocycles. The van der Waals surface area contributed by atoms with Gasteiger partial charge in [-0.15, -0.1) is 0 Å². The lowest BCUT2D eigenvalue weighted by Crippen LogP contribution is -2.14. The molecule has 3 N–H and O–H groups in total. The van der Waals surface area contributed by atoms with Crippen LogP contribution >= 0.6 is 0 Å². The van der Waals surface area contributed by atoms with Gasteiger partial charge in [-0.2, -0.15) is 18.3 Å². The summed E-state index contributed by atoms with van der Waals surface area (Å²) < 4.78 is 38.9. The van der Waals surface area contributed by atoms with Crippen molar-refractivity contribution in [2.75, 3.05) is 5.43 Å². The van der Waals surface area contributed by atoms with Crippen molar-refractivity contribution in [3.63, 3.8) is 0 Å². The quantitative estimate of drug-likeness (QED) is 0.663. The third kappa shape index (κ3) is 2.72. The minimum absolute atomic E-state index is 0.283. The van der Waals surface area contributed by atoms with Gasteiger partial charge in [0, 0.05) is 11.8 Å². The summed E-state index contributed by atoms with van der Waals surface area (Å²) in [4.78, 5) is 7.94. The molecule has 2 aromatic heterocycles. The average Bonchev–Trinajstić information content (AvgIpc) is 2.88. The Labute approximate surface area is 112 Å². The summed E-state index contributed by atoms with van der Waals surface area (Å²) in [5.41, 5.74) is 2.20. The predicted molar refractivity (Wildman–Crippen MR) is 66.0 cm³/mol. The normalized spacial score (nSPS) is 11.7. The Bertz CT molecular complexity index is 592. The molecular formula is C11H13F3N6. The van der Waals surface area contributed by atoms with E-state index in [1.165, 1.54) is 6.33 Å². The van der Waals surface area contributed by atoms with Crippen LogP contribution in [0.25, 0.3) is 5.82 Å². The maximum Gasteiger partial charge on any atom is 0.419 e. The van der Waals surface area contributed by atoms with Crippen LogP contribution < -0.4 is 11.3 Å². The first-order chi connectivity index (χ1) is 9.47. The first-order valence-electron chi connectivity index (χ1n) is 5.90. The highest BCUT2D eigenvalue weighted by molar-refractivity contribution is 5.51. The highest BCUT2D eigenvalue weighted by atomic mass is 19.4. The fourth-order valence-electron chi connectivity index (χ4n) is 1.79. The second-order valence-electron chi connectivity index (χ2n) is 4.09. The lowest BCUT2D eigenvalue weighted by molar-refractivity contribution is -0.137. The van der Waals surface area contributed by atoms with Gasteiger partial charge in [0.1, 0.15) is 12.1 Å². The second kappa shape index (κ2) is 5.45. The van der Waals surface area contributed by atoms with Crippen LogP contribution in [0.15, 0.2) is 18.7 Å². The summed E-state index contributed by atoms with van der Waals surface area (Å²) >= 11 is 0. The summed E-state index contributed by atoms with van der Waals surface area (Å²) in [5, 5.41) is 3.71. The molecule has 6 nitrogen and oxygen atoms in total. The van der Waals surface area contributed by atoms with Gasteiger partial charge in [-0.1, -0.05) is 13.3 Å². The Kier molecular flexibility index (Phi) is 3.89. The minimum atomic E-state index is -4.44. The number of nitrogen functional groups attached to an aromatic ring is 1. The van der Waals surface area contributed by atoms with E-state index in [1.807, 2.05) is 6.92 Å². The molecule has 0 spiro atoms. The SMILES string of the molecule is CCCc1c(NN)ncnc1-n1cc(C(F)(F)F)cn1. The number of hydrogen-bond acceptors (Lipinski definition) is 5. The number of hydrazine groups is 1. The zero-order valence-electron chi connectivity index (χ0n) is 10.6. The van der Waals surface area contributed by atoms with E-state index in [9.17, 15) is 13.2 Å². The number of nitrogens with one attached hydrogen (secondary N) is 1. The summed E-state index contributed by atoms with van der Waals surface area (Å²) in [6, 6.07) is 0. The zero-order valence-corrected chi connectivity index (χ0v) is 10.6. The number of nitrogens with two attached hydrogens (primary N) is 1. The van der Waals surface area contributed by atoms with Gasteiger partial charge in [0.2, 0.25) is 0 Å². The van der Waals surface area contributed by atoms with E-state index in [4.69, 9.17) is 5.84 Å². The monoisotopic (exact) mass is 286 g/mol. The molecule has 20 heavy (non-hydrogen) atoms. The van der Waals surface area contributed by atoms with Crippen LogP contribution in [0.2, 0.25) is 0 Å². The van der Waals surface area contributed by atoms with Gasteiger partial charge in [0.05, 0.1) is 11.8 Å². The van der Waals surface area contributed by atoms with Gasteiger partial charge in [-0.3, -0.25) is 0 Å². The molecule has 9 heteroatoms. The number of rotatable bonds is 4. The van der Waals surface area contributed by atoms with Crippen LogP contribution in [0.5, 0.6) is 0 Å². The largest absolute Gasteiger partial charge is 0.419 e.